The maximum Gasteiger partial charge on any atom is 0.255 e. The zero-order chi connectivity index (χ0) is 15.5. The predicted octanol–water partition coefficient (Wildman–Crippen LogP) is 1.91. The molecule has 2 fully saturated rings. The highest BCUT2D eigenvalue weighted by Gasteiger charge is 2.23. The summed E-state index contributed by atoms with van der Waals surface area (Å²) < 4.78 is 0. The lowest BCUT2D eigenvalue weighted by Crippen LogP contribution is -2.42. The molecule has 1 amide bonds. The minimum absolute atomic E-state index is 0.0231. The van der Waals surface area contributed by atoms with Gasteiger partial charge < -0.3 is 14.9 Å². The van der Waals surface area contributed by atoms with Crippen molar-refractivity contribution in [1.29, 1.82) is 0 Å². The van der Waals surface area contributed by atoms with E-state index in [-0.39, 0.29) is 12.0 Å². The van der Waals surface area contributed by atoms with Crippen LogP contribution in [0.2, 0.25) is 0 Å². The number of hydrogen-bond donors (Lipinski definition) is 1. The van der Waals surface area contributed by atoms with Crippen LogP contribution >= 0.6 is 0 Å². The second-order valence-electron chi connectivity index (χ2n) is 6.62. The van der Waals surface area contributed by atoms with Gasteiger partial charge in [-0.15, -0.1) is 0 Å². The van der Waals surface area contributed by atoms with Crippen LogP contribution in [0.15, 0.2) is 18.3 Å². The number of anilines is 1. The third-order valence-electron chi connectivity index (χ3n) is 4.79. The van der Waals surface area contributed by atoms with Gasteiger partial charge in [0, 0.05) is 32.4 Å². The molecule has 0 aliphatic carbocycles. The first-order valence-electron chi connectivity index (χ1n) is 8.32. The van der Waals surface area contributed by atoms with Gasteiger partial charge in [-0.2, -0.15) is 0 Å². The van der Waals surface area contributed by atoms with E-state index in [0.29, 0.717) is 12.1 Å². The summed E-state index contributed by atoms with van der Waals surface area (Å²) in [6, 6.07) is 3.81. The van der Waals surface area contributed by atoms with Gasteiger partial charge in [0.15, 0.2) is 0 Å². The van der Waals surface area contributed by atoms with Crippen LogP contribution in [0.5, 0.6) is 0 Å². The second-order valence-corrected chi connectivity index (χ2v) is 6.62. The average molecular weight is 303 g/mol. The minimum atomic E-state index is -0.389. The van der Waals surface area contributed by atoms with E-state index in [1.807, 2.05) is 12.1 Å². The maximum atomic E-state index is 12.4. The number of β-amino-alcohol motifs (C(OH)–C–C–N with tert-alkyl or cyclic N) is 1. The van der Waals surface area contributed by atoms with E-state index in [1.165, 1.54) is 12.8 Å². The first kappa shape index (κ1) is 15.3. The maximum absolute atomic E-state index is 12.4. The summed E-state index contributed by atoms with van der Waals surface area (Å²) in [4.78, 5) is 20.9. The fraction of sp³-hybridized carbons (Fsp3) is 0.647. The van der Waals surface area contributed by atoms with E-state index in [1.54, 1.807) is 11.1 Å². The number of hydrogen-bond acceptors (Lipinski definition) is 4. The summed E-state index contributed by atoms with van der Waals surface area (Å²) in [7, 11) is 0. The van der Waals surface area contributed by atoms with Crippen molar-refractivity contribution < 1.29 is 9.90 Å². The molecule has 0 aromatic carbocycles. The number of aliphatic hydroxyl groups is 1. The topological polar surface area (TPSA) is 56.7 Å². The quantitative estimate of drug-likeness (QED) is 0.907. The first-order chi connectivity index (χ1) is 10.6. The van der Waals surface area contributed by atoms with Crippen molar-refractivity contribution in [1.82, 2.24) is 9.88 Å². The number of piperidine rings is 2. The van der Waals surface area contributed by atoms with Crippen LogP contribution in [0.4, 0.5) is 5.82 Å². The number of pyridine rings is 1. The van der Waals surface area contributed by atoms with Crippen molar-refractivity contribution in [2.24, 2.45) is 5.92 Å². The summed E-state index contributed by atoms with van der Waals surface area (Å²) in [5.74, 6) is 1.73. The molecule has 1 unspecified atom stereocenters. The normalized spacial score (nSPS) is 23.6. The molecular formula is C17H25N3O2. The molecule has 1 aromatic heterocycles. The molecule has 1 atom stereocenters. The fourth-order valence-corrected chi connectivity index (χ4v) is 3.26. The lowest BCUT2D eigenvalue weighted by molar-refractivity contribution is 0.0473. The summed E-state index contributed by atoms with van der Waals surface area (Å²) in [5.41, 5.74) is 0.614. The van der Waals surface area contributed by atoms with Crippen molar-refractivity contribution in [3.8, 4) is 0 Å². The average Bonchev–Trinajstić information content (AvgIpc) is 2.55. The van der Waals surface area contributed by atoms with Crippen LogP contribution in [0.1, 0.15) is 43.0 Å². The molecule has 2 saturated heterocycles. The van der Waals surface area contributed by atoms with Gasteiger partial charge in [-0.05, 0) is 43.7 Å². The molecule has 5 nitrogen and oxygen atoms in total. The summed E-state index contributed by atoms with van der Waals surface area (Å²) in [6.07, 6.45) is 5.34. The number of likely N-dealkylation sites (tertiary alicyclic amines) is 1. The van der Waals surface area contributed by atoms with E-state index in [0.717, 1.165) is 44.2 Å². The Balaban J connectivity index is 1.64. The molecule has 0 radical (unpaired) electrons. The standard InChI is InChI=1S/C17H25N3O2/c1-13-6-9-19(10-7-13)16-5-4-14(11-18-16)17(22)20-8-2-3-15(21)12-20/h4-5,11,13,15,21H,2-3,6-10,12H2,1H3. The van der Waals surface area contributed by atoms with E-state index in [9.17, 15) is 9.90 Å². The SMILES string of the molecule is CC1CCN(c2ccc(C(=O)N3CCCC(O)C3)cn2)CC1. The van der Waals surface area contributed by atoms with Gasteiger partial charge in [-0.1, -0.05) is 6.92 Å². The Kier molecular flexibility index (Phi) is 4.62. The first-order valence-corrected chi connectivity index (χ1v) is 8.32. The number of nitrogens with zero attached hydrogens (tertiary/aromatic N) is 3. The number of carbonyl (C=O) groups excluding carboxylic acids is 1. The van der Waals surface area contributed by atoms with Crippen molar-refractivity contribution >= 4 is 11.7 Å². The zero-order valence-electron chi connectivity index (χ0n) is 13.2. The Morgan fingerprint density at radius 1 is 1.23 bits per heavy atom. The van der Waals surface area contributed by atoms with Gasteiger partial charge in [0.1, 0.15) is 5.82 Å². The lowest BCUT2D eigenvalue weighted by Gasteiger charge is -2.32. The Morgan fingerprint density at radius 2 is 2.00 bits per heavy atom. The third-order valence-corrected chi connectivity index (χ3v) is 4.79. The van der Waals surface area contributed by atoms with Gasteiger partial charge >= 0.3 is 0 Å². The van der Waals surface area contributed by atoms with Crippen LogP contribution in [-0.2, 0) is 0 Å². The zero-order valence-corrected chi connectivity index (χ0v) is 13.2. The van der Waals surface area contributed by atoms with Crippen LogP contribution in [0.3, 0.4) is 0 Å². The highest BCUT2D eigenvalue weighted by molar-refractivity contribution is 5.94. The predicted molar refractivity (Wildman–Crippen MR) is 86.0 cm³/mol. The molecule has 0 saturated carbocycles. The highest BCUT2D eigenvalue weighted by atomic mass is 16.3. The Hall–Kier alpha value is -1.62. The molecule has 5 heteroatoms. The Morgan fingerprint density at radius 3 is 2.64 bits per heavy atom. The fourth-order valence-electron chi connectivity index (χ4n) is 3.26. The smallest absolute Gasteiger partial charge is 0.255 e. The molecule has 0 bridgehead atoms. The summed E-state index contributed by atoms with van der Waals surface area (Å²) >= 11 is 0. The van der Waals surface area contributed by atoms with Crippen molar-refractivity contribution in [3.63, 3.8) is 0 Å². The third kappa shape index (κ3) is 3.40. The second kappa shape index (κ2) is 6.65. The molecule has 120 valence electrons. The van der Waals surface area contributed by atoms with Gasteiger partial charge in [0.2, 0.25) is 0 Å². The van der Waals surface area contributed by atoms with Gasteiger partial charge in [0.25, 0.3) is 5.91 Å². The van der Waals surface area contributed by atoms with Crippen LogP contribution in [0, 0.1) is 5.92 Å². The highest BCUT2D eigenvalue weighted by Crippen LogP contribution is 2.22. The van der Waals surface area contributed by atoms with E-state index in [4.69, 9.17) is 0 Å². The molecule has 0 spiro atoms. The van der Waals surface area contributed by atoms with E-state index in [2.05, 4.69) is 16.8 Å². The molecule has 1 aromatic rings. The summed E-state index contributed by atoms with van der Waals surface area (Å²) in [6.45, 7) is 5.53. The monoisotopic (exact) mass is 303 g/mol. The van der Waals surface area contributed by atoms with Gasteiger partial charge in [0.05, 0.1) is 11.7 Å². The van der Waals surface area contributed by atoms with Crippen molar-refractivity contribution in [3.05, 3.63) is 23.9 Å². The minimum Gasteiger partial charge on any atom is -0.391 e. The van der Waals surface area contributed by atoms with Gasteiger partial charge in [-0.25, -0.2) is 4.98 Å². The van der Waals surface area contributed by atoms with Crippen LogP contribution < -0.4 is 4.90 Å². The van der Waals surface area contributed by atoms with Crippen molar-refractivity contribution in [2.75, 3.05) is 31.1 Å². The Bertz CT molecular complexity index is 509. The van der Waals surface area contributed by atoms with E-state index < -0.39 is 0 Å². The largest absolute Gasteiger partial charge is 0.391 e. The summed E-state index contributed by atoms with van der Waals surface area (Å²) in [5, 5.41) is 9.69. The Labute approximate surface area is 131 Å². The molecule has 1 N–H and O–H groups in total. The van der Waals surface area contributed by atoms with Crippen molar-refractivity contribution in [2.45, 2.75) is 38.7 Å². The molecular weight excluding hydrogens is 278 g/mol. The molecule has 2 aliphatic heterocycles. The van der Waals surface area contributed by atoms with Gasteiger partial charge in [-0.3, -0.25) is 4.79 Å². The van der Waals surface area contributed by atoms with Crippen LogP contribution in [0.25, 0.3) is 0 Å². The molecule has 2 aliphatic rings. The number of aliphatic hydroxyl groups excluding tert-OH is 1. The van der Waals surface area contributed by atoms with E-state index >= 15 is 0 Å². The lowest BCUT2D eigenvalue weighted by atomic mass is 9.99. The number of rotatable bonds is 2. The molecule has 3 rings (SSSR count). The number of aromatic nitrogens is 1. The molecule has 3 heterocycles. The van der Waals surface area contributed by atoms with Crippen LogP contribution in [-0.4, -0.2) is 53.2 Å². The number of amides is 1. The molecule has 22 heavy (non-hydrogen) atoms. The number of carbonyl (C=O) groups is 1.